The zero-order valence-corrected chi connectivity index (χ0v) is 15.1. The second-order valence-electron chi connectivity index (χ2n) is 5.85. The lowest BCUT2D eigenvalue weighted by molar-refractivity contribution is 0.405. The molecule has 1 unspecified atom stereocenters. The van der Waals surface area contributed by atoms with Gasteiger partial charge in [-0.15, -0.1) is 0 Å². The standard InChI is InChI=1S/C20H24N4O/c1-14-8-9-19(25-4)18(10-14)15(2)24-20(22-3)23-13-17-7-5-6-16(11-17)12-21/h5-11,15H,13H2,1-4H3,(H2,22,23,24). The Morgan fingerprint density at radius 1 is 1.28 bits per heavy atom. The van der Waals surface area contributed by atoms with E-state index in [2.05, 4.69) is 41.6 Å². The Kier molecular flexibility index (Phi) is 6.41. The van der Waals surface area contributed by atoms with E-state index in [0.717, 1.165) is 16.9 Å². The molecule has 0 heterocycles. The highest BCUT2D eigenvalue weighted by Crippen LogP contribution is 2.25. The molecule has 0 aliphatic heterocycles. The smallest absolute Gasteiger partial charge is 0.191 e. The molecule has 0 spiro atoms. The summed E-state index contributed by atoms with van der Waals surface area (Å²) < 4.78 is 5.46. The molecular formula is C20H24N4O. The van der Waals surface area contributed by atoms with Crippen molar-refractivity contribution in [3.05, 3.63) is 64.7 Å². The van der Waals surface area contributed by atoms with Crippen molar-refractivity contribution in [1.29, 1.82) is 5.26 Å². The Hall–Kier alpha value is -3.00. The second kappa shape index (κ2) is 8.74. The number of rotatable bonds is 5. The number of benzene rings is 2. The molecule has 2 N–H and O–H groups in total. The number of hydrogen-bond donors (Lipinski definition) is 2. The van der Waals surface area contributed by atoms with Crippen LogP contribution in [0.1, 0.15) is 35.2 Å². The first-order valence-corrected chi connectivity index (χ1v) is 8.18. The summed E-state index contributed by atoms with van der Waals surface area (Å²) in [7, 11) is 3.41. The van der Waals surface area contributed by atoms with Gasteiger partial charge in [-0.05, 0) is 37.6 Å². The summed E-state index contributed by atoms with van der Waals surface area (Å²) in [6, 6.07) is 15.8. The molecule has 0 aliphatic rings. The van der Waals surface area contributed by atoms with Crippen LogP contribution in [-0.2, 0) is 6.54 Å². The molecule has 2 rings (SSSR count). The molecule has 1 atom stereocenters. The largest absolute Gasteiger partial charge is 0.496 e. The van der Waals surface area contributed by atoms with Gasteiger partial charge in [-0.3, -0.25) is 4.99 Å². The SMILES string of the molecule is CN=C(NCc1cccc(C#N)c1)NC(C)c1cc(C)ccc1OC. The van der Waals surface area contributed by atoms with Crippen LogP contribution in [0.4, 0.5) is 0 Å². The van der Waals surface area contributed by atoms with Gasteiger partial charge in [0, 0.05) is 19.2 Å². The molecule has 5 nitrogen and oxygen atoms in total. The summed E-state index contributed by atoms with van der Waals surface area (Å²) in [4.78, 5) is 4.28. The molecule has 0 fully saturated rings. The maximum absolute atomic E-state index is 8.98. The minimum atomic E-state index is 0.0338. The van der Waals surface area contributed by atoms with Crippen LogP contribution in [0.3, 0.4) is 0 Å². The third-order valence-electron chi connectivity index (χ3n) is 3.94. The predicted octanol–water partition coefficient (Wildman–Crippen LogP) is 3.30. The fourth-order valence-corrected chi connectivity index (χ4v) is 2.61. The number of methoxy groups -OCH3 is 1. The Balaban J connectivity index is 2.04. The topological polar surface area (TPSA) is 69.4 Å². The first-order valence-electron chi connectivity index (χ1n) is 8.18. The van der Waals surface area contributed by atoms with E-state index < -0.39 is 0 Å². The quantitative estimate of drug-likeness (QED) is 0.649. The summed E-state index contributed by atoms with van der Waals surface area (Å²) in [5.41, 5.74) is 3.94. The van der Waals surface area contributed by atoms with Gasteiger partial charge in [0.15, 0.2) is 5.96 Å². The van der Waals surface area contributed by atoms with Crippen molar-refractivity contribution in [3.63, 3.8) is 0 Å². The van der Waals surface area contributed by atoms with Gasteiger partial charge < -0.3 is 15.4 Å². The Morgan fingerprint density at radius 3 is 2.76 bits per heavy atom. The van der Waals surface area contributed by atoms with Crippen LogP contribution in [0.5, 0.6) is 5.75 Å². The zero-order chi connectivity index (χ0) is 18.2. The van der Waals surface area contributed by atoms with Crippen molar-refractivity contribution in [2.75, 3.05) is 14.2 Å². The van der Waals surface area contributed by atoms with Crippen molar-refractivity contribution < 1.29 is 4.74 Å². The summed E-state index contributed by atoms with van der Waals surface area (Å²) in [6.45, 7) is 4.72. The van der Waals surface area contributed by atoms with E-state index in [1.807, 2.05) is 30.3 Å². The van der Waals surface area contributed by atoms with E-state index in [0.29, 0.717) is 18.1 Å². The number of aryl methyl sites for hydroxylation is 1. The molecule has 0 radical (unpaired) electrons. The summed E-state index contributed by atoms with van der Waals surface area (Å²) in [5.74, 6) is 1.54. The fraction of sp³-hybridized carbons (Fsp3) is 0.300. The molecular weight excluding hydrogens is 312 g/mol. The van der Waals surface area contributed by atoms with E-state index >= 15 is 0 Å². The van der Waals surface area contributed by atoms with Crippen molar-refractivity contribution in [2.45, 2.75) is 26.4 Å². The molecule has 0 amide bonds. The molecule has 130 valence electrons. The Morgan fingerprint density at radius 2 is 2.08 bits per heavy atom. The van der Waals surface area contributed by atoms with Crippen LogP contribution in [0.15, 0.2) is 47.5 Å². The monoisotopic (exact) mass is 336 g/mol. The summed E-state index contributed by atoms with van der Waals surface area (Å²) >= 11 is 0. The number of hydrogen-bond acceptors (Lipinski definition) is 3. The first kappa shape index (κ1) is 18.3. The average Bonchev–Trinajstić information content (AvgIpc) is 2.65. The molecule has 0 aromatic heterocycles. The van der Waals surface area contributed by atoms with Crippen LogP contribution in [0.25, 0.3) is 0 Å². The van der Waals surface area contributed by atoms with E-state index in [9.17, 15) is 0 Å². The molecule has 2 aromatic carbocycles. The Bertz CT molecular complexity index is 793. The highest BCUT2D eigenvalue weighted by atomic mass is 16.5. The lowest BCUT2D eigenvalue weighted by Gasteiger charge is -2.20. The molecule has 5 heteroatoms. The lowest BCUT2D eigenvalue weighted by Crippen LogP contribution is -2.38. The maximum Gasteiger partial charge on any atom is 0.191 e. The summed E-state index contributed by atoms with van der Waals surface area (Å²) in [6.07, 6.45) is 0. The van der Waals surface area contributed by atoms with Gasteiger partial charge in [0.2, 0.25) is 0 Å². The third-order valence-corrected chi connectivity index (χ3v) is 3.94. The van der Waals surface area contributed by atoms with E-state index in [4.69, 9.17) is 10.00 Å². The Labute approximate surface area is 149 Å². The van der Waals surface area contributed by atoms with E-state index in [-0.39, 0.29) is 6.04 Å². The highest BCUT2D eigenvalue weighted by Gasteiger charge is 2.13. The first-order chi connectivity index (χ1) is 12.1. The average molecular weight is 336 g/mol. The van der Waals surface area contributed by atoms with Gasteiger partial charge in [0.25, 0.3) is 0 Å². The second-order valence-corrected chi connectivity index (χ2v) is 5.85. The highest BCUT2D eigenvalue weighted by molar-refractivity contribution is 5.80. The van der Waals surface area contributed by atoms with Gasteiger partial charge in [-0.25, -0.2) is 0 Å². The van der Waals surface area contributed by atoms with Crippen LogP contribution in [-0.4, -0.2) is 20.1 Å². The maximum atomic E-state index is 8.98. The minimum Gasteiger partial charge on any atom is -0.496 e. The van der Waals surface area contributed by atoms with Crippen LogP contribution in [0.2, 0.25) is 0 Å². The van der Waals surface area contributed by atoms with Crippen LogP contribution in [0, 0.1) is 18.3 Å². The number of ether oxygens (including phenoxy) is 1. The van der Waals surface area contributed by atoms with Gasteiger partial charge in [0.1, 0.15) is 5.75 Å². The van der Waals surface area contributed by atoms with Gasteiger partial charge >= 0.3 is 0 Å². The number of guanidine groups is 1. The number of nitriles is 1. The van der Waals surface area contributed by atoms with Crippen LogP contribution >= 0.6 is 0 Å². The van der Waals surface area contributed by atoms with Crippen LogP contribution < -0.4 is 15.4 Å². The lowest BCUT2D eigenvalue weighted by atomic mass is 10.0. The van der Waals surface area contributed by atoms with Gasteiger partial charge in [0.05, 0.1) is 24.8 Å². The van der Waals surface area contributed by atoms with Crippen molar-refractivity contribution in [1.82, 2.24) is 10.6 Å². The van der Waals surface area contributed by atoms with E-state index in [1.165, 1.54) is 5.56 Å². The van der Waals surface area contributed by atoms with Crippen molar-refractivity contribution in [2.24, 2.45) is 4.99 Å². The van der Waals surface area contributed by atoms with E-state index in [1.54, 1.807) is 20.2 Å². The fourth-order valence-electron chi connectivity index (χ4n) is 2.61. The van der Waals surface area contributed by atoms with Crippen molar-refractivity contribution >= 4 is 5.96 Å². The third kappa shape index (κ3) is 4.98. The molecule has 2 aromatic rings. The van der Waals surface area contributed by atoms with Gasteiger partial charge in [-0.1, -0.05) is 29.8 Å². The molecule has 0 saturated carbocycles. The number of nitrogens with zero attached hydrogens (tertiary/aromatic N) is 2. The molecule has 0 aliphatic carbocycles. The summed E-state index contributed by atoms with van der Waals surface area (Å²) in [5, 5.41) is 15.6. The predicted molar refractivity (Wildman–Crippen MR) is 101 cm³/mol. The number of aliphatic imine (C=N–C) groups is 1. The molecule has 25 heavy (non-hydrogen) atoms. The number of nitrogens with one attached hydrogen (secondary N) is 2. The molecule has 0 bridgehead atoms. The van der Waals surface area contributed by atoms with Gasteiger partial charge in [-0.2, -0.15) is 5.26 Å². The molecule has 0 saturated heterocycles. The normalized spacial score (nSPS) is 12.2. The minimum absolute atomic E-state index is 0.0338. The van der Waals surface area contributed by atoms with Crippen molar-refractivity contribution in [3.8, 4) is 11.8 Å². The zero-order valence-electron chi connectivity index (χ0n) is 15.1.